The maximum absolute atomic E-state index is 12.4. The van der Waals surface area contributed by atoms with Crippen LogP contribution in [0.3, 0.4) is 0 Å². The number of rotatable bonds is 6. The zero-order chi connectivity index (χ0) is 18.6. The maximum Gasteiger partial charge on any atom is 0.224 e. The molecule has 0 radical (unpaired) electrons. The zero-order valence-electron chi connectivity index (χ0n) is 15.8. The van der Waals surface area contributed by atoms with E-state index in [0.29, 0.717) is 12.8 Å². The molecule has 2 aliphatic heterocycles. The second-order valence-corrected chi connectivity index (χ2v) is 7.16. The van der Waals surface area contributed by atoms with Crippen LogP contribution < -0.4 is 20.3 Å². The van der Waals surface area contributed by atoms with Crippen molar-refractivity contribution < 1.29 is 9.53 Å². The number of nitrogens with one attached hydrogen (secondary N) is 2. The van der Waals surface area contributed by atoms with Gasteiger partial charge in [0.15, 0.2) is 0 Å². The predicted molar refractivity (Wildman–Crippen MR) is 105 cm³/mol. The Bertz CT molecular complexity index is 787. The number of methoxy groups -OCH3 is 1. The van der Waals surface area contributed by atoms with Gasteiger partial charge in [-0.25, -0.2) is 0 Å². The molecule has 144 valence electrons. The van der Waals surface area contributed by atoms with Crippen LogP contribution in [0.4, 0.5) is 11.4 Å². The minimum atomic E-state index is -0.00456. The quantitative estimate of drug-likeness (QED) is 0.817. The van der Waals surface area contributed by atoms with E-state index in [1.54, 1.807) is 7.11 Å². The van der Waals surface area contributed by atoms with Crippen LogP contribution in [0.5, 0.6) is 5.75 Å². The molecule has 1 aromatic heterocycles. The third kappa shape index (κ3) is 4.08. The summed E-state index contributed by atoms with van der Waals surface area (Å²) < 4.78 is 7.58. The largest absolute Gasteiger partial charge is 0.495 e. The topological polar surface area (TPSA) is 71.4 Å². The summed E-state index contributed by atoms with van der Waals surface area (Å²) in [6.07, 6.45) is 3.50. The van der Waals surface area contributed by atoms with E-state index in [2.05, 4.69) is 26.7 Å². The Balaban J connectivity index is 1.35. The third-order valence-corrected chi connectivity index (χ3v) is 5.24. The minimum absolute atomic E-state index is 0.00456. The molecule has 3 heterocycles. The minimum Gasteiger partial charge on any atom is -0.495 e. The highest BCUT2D eigenvalue weighted by atomic mass is 16.5. The van der Waals surface area contributed by atoms with Gasteiger partial charge in [0.2, 0.25) is 5.91 Å². The van der Waals surface area contributed by atoms with E-state index >= 15 is 0 Å². The Kier molecular flexibility index (Phi) is 5.29. The van der Waals surface area contributed by atoms with E-state index in [0.717, 1.165) is 55.5 Å². The molecule has 1 amide bonds. The number of ether oxygens (including phenoxy) is 1. The molecule has 1 saturated heterocycles. The second kappa shape index (κ2) is 8.00. The summed E-state index contributed by atoms with van der Waals surface area (Å²) in [5, 5.41) is 10.9. The molecule has 0 bridgehead atoms. The molecular formula is C20H27N5O2. The fraction of sp³-hybridized carbons (Fsp3) is 0.500. The number of anilines is 2. The summed E-state index contributed by atoms with van der Waals surface area (Å²) in [5.74, 6) is 0.805. The molecule has 0 atom stereocenters. The van der Waals surface area contributed by atoms with E-state index in [9.17, 15) is 4.79 Å². The van der Waals surface area contributed by atoms with Gasteiger partial charge in [0.05, 0.1) is 30.7 Å². The van der Waals surface area contributed by atoms with Crippen LogP contribution in [0.1, 0.15) is 30.7 Å². The van der Waals surface area contributed by atoms with Crippen molar-refractivity contribution in [3.8, 4) is 5.75 Å². The number of carbonyl (C=O) groups excluding carboxylic acids is 1. The molecule has 4 rings (SSSR count). The van der Waals surface area contributed by atoms with Crippen molar-refractivity contribution in [3.05, 3.63) is 35.7 Å². The highest BCUT2D eigenvalue weighted by Crippen LogP contribution is 2.33. The van der Waals surface area contributed by atoms with Gasteiger partial charge in [0, 0.05) is 50.8 Å². The van der Waals surface area contributed by atoms with E-state index in [1.807, 2.05) is 22.9 Å². The third-order valence-electron chi connectivity index (χ3n) is 5.24. The lowest BCUT2D eigenvalue weighted by Crippen LogP contribution is -2.28. The Labute approximate surface area is 159 Å². The molecule has 2 aliphatic rings. The van der Waals surface area contributed by atoms with Crippen LogP contribution in [0.2, 0.25) is 0 Å². The molecule has 0 saturated carbocycles. The molecule has 0 unspecified atom stereocenters. The Hall–Kier alpha value is -2.54. The van der Waals surface area contributed by atoms with Gasteiger partial charge in [-0.3, -0.25) is 9.48 Å². The van der Waals surface area contributed by atoms with Crippen molar-refractivity contribution in [1.82, 2.24) is 15.1 Å². The number of fused-ring (bicyclic) bond motifs is 1. The molecule has 0 aliphatic carbocycles. The summed E-state index contributed by atoms with van der Waals surface area (Å²) in [6, 6.07) is 7.99. The lowest BCUT2D eigenvalue weighted by atomic mass is 10.2. The van der Waals surface area contributed by atoms with Gasteiger partial charge in [0.25, 0.3) is 0 Å². The van der Waals surface area contributed by atoms with Crippen molar-refractivity contribution in [2.45, 2.75) is 38.8 Å². The van der Waals surface area contributed by atoms with Gasteiger partial charge in [-0.05, 0) is 31.0 Å². The fourth-order valence-corrected chi connectivity index (χ4v) is 3.81. The number of aryl methyl sites for hydroxylation is 1. The molecule has 0 spiro atoms. The molecule has 1 aromatic carbocycles. The molecule has 7 heteroatoms. The Morgan fingerprint density at radius 1 is 1.26 bits per heavy atom. The van der Waals surface area contributed by atoms with Crippen LogP contribution in [0, 0.1) is 0 Å². The van der Waals surface area contributed by atoms with E-state index < -0.39 is 0 Å². The van der Waals surface area contributed by atoms with Gasteiger partial charge < -0.3 is 20.3 Å². The number of nitrogens with zero attached hydrogens (tertiary/aromatic N) is 3. The lowest BCUT2D eigenvalue weighted by molar-refractivity contribution is -0.116. The summed E-state index contributed by atoms with van der Waals surface area (Å²) in [7, 11) is 1.68. The average molecular weight is 369 g/mol. The van der Waals surface area contributed by atoms with E-state index in [-0.39, 0.29) is 5.91 Å². The number of amides is 1. The van der Waals surface area contributed by atoms with Crippen LogP contribution >= 0.6 is 0 Å². The number of hydrogen-bond acceptors (Lipinski definition) is 5. The predicted octanol–water partition coefficient (Wildman–Crippen LogP) is 2.17. The van der Waals surface area contributed by atoms with E-state index in [4.69, 9.17) is 4.74 Å². The highest BCUT2D eigenvalue weighted by molar-refractivity contribution is 5.91. The Morgan fingerprint density at radius 3 is 2.89 bits per heavy atom. The summed E-state index contributed by atoms with van der Waals surface area (Å²) in [6.45, 7) is 4.81. The monoisotopic (exact) mass is 369 g/mol. The summed E-state index contributed by atoms with van der Waals surface area (Å²) in [5.41, 5.74) is 4.04. The van der Waals surface area contributed by atoms with Gasteiger partial charge in [-0.1, -0.05) is 0 Å². The van der Waals surface area contributed by atoms with Crippen molar-refractivity contribution >= 4 is 17.3 Å². The molecule has 2 N–H and O–H groups in total. The smallest absolute Gasteiger partial charge is 0.224 e. The lowest BCUT2D eigenvalue weighted by Gasteiger charge is -2.21. The Morgan fingerprint density at radius 2 is 2.11 bits per heavy atom. The summed E-state index contributed by atoms with van der Waals surface area (Å²) >= 11 is 0. The number of hydrogen-bond donors (Lipinski definition) is 2. The first-order valence-corrected chi connectivity index (χ1v) is 9.72. The number of benzene rings is 1. The van der Waals surface area contributed by atoms with Crippen LogP contribution in [0.25, 0.3) is 0 Å². The van der Waals surface area contributed by atoms with Gasteiger partial charge in [-0.15, -0.1) is 0 Å². The molecule has 7 nitrogen and oxygen atoms in total. The molecule has 1 fully saturated rings. The summed E-state index contributed by atoms with van der Waals surface area (Å²) in [4.78, 5) is 14.7. The van der Waals surface area contributed by atoms with Gasteiger partial charge in [-0.2, -0.15) is 5.10 Å². The molecule has 27 heavy (non-hydrogen) atoms. The molecular weight excluding hydrogens is 342 g/mol. The normalized spacial score (nSPS) is 16.3. The van der Waals surface area contributed by atoms with Crippen molar-refractivity contribution in [1.29, 1.82) is 0 Å². The highest BCUT2D eigenvalue weighted by Gasteiger charge is 2.17. The van der Waals surface area contributed by atoms with Crippen molar-refractivity contribution in [2.75, 3.05) is 37.0 Å². The van der Waals surface area contributed by atoms with Crippen LogP contribution in [0.15, 0.2) is 24.3 Å². The van der Waals surface area contributed by atoms with Gasteiger partial charge >= 0.3 is 0 Å². The van der Waals surface area contributed by atoms with Crippen molar-refractivity contribution in [2.24, 2.45) is 0 Å². The SMILES string of the molecule is COc1cc(NC(=O)CCc2cc3n(n2)CCNC3)ccc1N1CCCC1. The second-order valence-electron chi connectivity index (χ2n) is 7.16. The first-order valence-electron chi connectivity index (χ1n) is 9.72. The van der Waals surface area contributed by atoms with E-state index in [1.165, 1.54) is 18.5 Å². The number of carbonyl (C=O) groups is 1. The van der Waals surface area contributed by atoms with Gasteiger partial charge in [0.1, 0.15) is 5.75 Å². The fourth-order valence-electron chi connectivity index (χ4n) is 3.81. The zero-order valence-corrected chi connectivity index (χ0v) is 15.8. The van der Waals surface area contributed by atoms with Crippen LogP contribution in [-0.4, -0.2) is 42.4 Å². The van der Waals surface area contributed by atoms with Crippen LogP contribution in [-0.2, 0) is 24.3 Å². The first kappa shape index (κ1) is 17.9. The standard InChI is InChI=1S/C20H27N5O2/c1-27-19-13-15(4-6-18(19)24-9-2-3-10-24)22-20(26)7-5-16-12-17-14-21-8-11-25(17)23-16/h4,6,12-13,21H,2-3,5,7-11,14H2,1H3,(H,22,26). The first-order chi connectivity index (χ1) is 13.2. The van der Waals surface area contributed by atoms with Crippen molar-refractivity contribution in [3.63, 3.8) is 0 Å². The number of aromatic nitrogens is 2. The molecule has 2 aromatic rings. The maximum atomic E-state index is 12.4. The average Bonchev–Trinajstić information content (AvgIpc) is 3.35.